The van der Waals surface area contributed by atoms with Crippen LogP contribution in [-0.4, -0.2) is 80.8 Å². The molecule has 170 valence electrons. The summed E-state index contributed by atoms with van der Waals surface area (Å²) >= 11 is 0. The van der Waals surface area contributed by atoms with Crippen molar-refractivity contribution in [2.45, 2.75) is 38.6 Å². The molecule has 31 heavy (non-hydrogen) atoms. The molecule has 1 amide bonds. The Kier molecular flexibility index (Phi) is 8.14. The van der Waals surface area contributed by atoms with Gasteiger partial charge in [-0.3, -0.25) is 9.78 Å². The van der Waals surface area contributed by atoms with Crippen molar-refractivity contribution in [3.63, 3.8) is 0 Å². The second kappa shape index (κ2) is 10.8. The predicted octanol–water partition coefficient (Wildman–Crippen LogP) is 1.78. The summed E-state index contributed by atoms with van der Waals surface area (Å²) in [5.41, 5.74) is 7.33. The van der Waals surface area contributed by atoms with Gasteiger partial charge in [0.1, 0.15) is 17.9 Å². The fraction of sp³-hybridized carbons (Fsp3) is 0.591. The Bertz CT molecular complexity index is 872. The standard InChI is InChI=1S/C21H28N4O5.CH4/c1-27-18-12-28-13-19(18)30-9-8-29-15-4-6-25(7-5-15)17-11-23-10-14-2-3-16(21(22)26)24-20(14)17;/h2-3,10-11,15,18-19H,4-9,12-13H2,1H3,(H2,22,26);1H4. The lowest BCUT2D eigenvalue weighted by Gasteiger charge is -2.33. The zero-order valence-corrected chi connectivity index (χ0v) is 17.2. The molecular weight excluding hydrogens is 400 g/mol. The van der Waals surface area contributed by atoms with Gasteiger partial charge in [-0.15, -0.1) is 0 Å². The molecule has 4 rings (SSSR count). The number of rotatable bonds is 8. The van der Waals surface area contributed by atoms with Crippen LogP contribution in [0.4, 0.5) is 5.69 Å². The van der Waals surface area contributed by atoms with Crippen molar-refractivity contribution in [2.24, 2.45) is 5.73 Å². The van der Waals surface area contributed by atoms with Gasteiger partial charge in [0, 0.05) is 31.8 Å². The van der Waals surface area contributed by atoms with Crippen LogP contribution in [0, 0.1) is 0 Å². The molecule has 0 saturated carbocycles. The third-order valence-electron chi connectivity index (χ3n) is 5.67. The fourth-order valence-corrected chi connectivity index (χ4v) is 3.97. The lowest BCUT2D eigenvalue weighted by molar-refractivity contribution is -0.0613. The molecule has 0 bridgehead atoms. The maximum atomic E-state index is 11.5. The molecule has 4 heterocycles. The Labute approximate surface area is 182 Å². The van der Waals surface area contributed by atoms with E-state index in [0.717, 1.165) is 42.5 Å². The molecule has 2 N–H and O–H groups in total. The molecule has 2 atom stereocenters. The number of amides is 1. The topological polar surface area (TPSA) is 109 Å². The lowest BCUT2D eigenvalue weighted by atomic mass is 10.1. The number of pyridine rings is 2. The highest BCUT2D eigenvalue weighted by Gasteiger charge is 2.29. The number of anilines is 1. The van der Waals surface area contributed by atoms with Crippen molar-refractivity contribution < 1.29 is 23.7 Å². The first-order chi connectivity index (χ1) is 14.7. The number of methoxy groups -OCH3 is 1. The van der Waals surface area contributed by atoms with Gasteiger partial charge in [0.25, 0.3) is 5.91 Å². The summed E-state index contributed by atoms with van der Waals surface area (Å²) in [4.78, 5) is 22.5. The number of carbonyl (C=O) groups is 1. The first-order valence-electron chi connectivity index (χ1n) is 10.3. The maximum absolute atomic E-state index is 11.5. The van der Waals surface area contributed by atoms with Gasteiger partial charge in [-0.2, -0.15) is 0 Å². The first kappa shape index (κ1) is 23.3. The molecule has 9 heteroatoms. The van der Waals surface area contributed by atoms with Crippen LogP contribution in [0.25, 0.3) is 10.9 Å². The molecule has 9 nitrogen and oxygen atoms in total. The van der Waals surface area contributed by atoms with E-state index in [0.29, 0.717) is 26.4 Å². The third kappa shape index (κ3) is 5.48. The summed E-state index contributed by atoms with van der Waals surface area (Å²) in [6.45, 7) is 3.90. The van der Waals surface area contributed by atoms with Crippen molar-refractivity contribution in [3.8, 4) is 0 Å². The Hall–Kier alpha value is -2.33. The van der Waals surface area contributed by atoms with Crippen LogP contribution in [0.3, 0.4) is 0 Å². The van der Waals surface area contributed by atoms with E-state index in [2.05, 4.69) is 14.9 Å². The van der Waals surface area contributed by atoms with E-state index in [1.54, 1.807) is 25.6 Å². The highest BCUT2D eigenvalue weighted by Crippen LogP contribution is 2.27. The van der Waals surface area contributed by atoms with Crippen LogP contribution in [0.1, 0.15) is 30.8 Å². The fourth-order valence-electron chi connectivity index (χ4n) is 3.97. The van der Waals surface area contributed by atoms with Gasteiger partial charge >= 0.3 is 0 Å². The molecule has 0 aromatic carbocycles. The molecule has 2 unspecified atom stereocenters. The number of nitrogens with two attached hydrogens (primary N) is 1. The number of hydrogen-bond acceptors (Lipinski definition) is 8. The second-order valence-electron chi connectivity index (χ2n) is 7.57. The van der Waals surface area contributed by atoms with Crippen molar-refractivity contribution in [1.82, 2.24) is 9.97 Å². The van der Waals surface area contributed by atoms with Gasteiger partial charge in [0.15, 0.2) is 0 Å². The minimum atomic E-state index is -0.532. The largest absolute Gasteiger partial charge is 0.376 e. The summed E-state index contributed by atoms with van der Waals surface area (Å²) in [5.74, 6) is -0.532. The Balaban J connectivity index is 0.00000272. The first-order valence-corrected chi connectivity index (χ1v) is 10.3. The SMILES string of the molecule is C.COC1COCC1OCCOC1CCN(c2cncc3ccc(C(N)=O)nc23)CC1. The Morgan fingerprint density at radius 2 is 1.90 bits per heavy atom. The van der Waals surface area contributed by atoms with Crippen molar-refractivity contribution in [2.75, 3.05) is 51.5 Å². The Morgan fingerprint density at radius 3 is 2.65 bits per heavy atom. The average molecular weight is 433 g/mol. The summed E-state index contributed by atoms with van der Waals surface area (Å²) in [7, 11) is 1.68. The van der Waals surface area contributed by atoms with Crippen LogP contribution in [0.2, 0.25) is 0 Å². The molecule has 2 aromatic rings. The average Bonchev–Trinajstić information content (AvgIpc) is 3.24. The second-order valence-corrected chi connectivity index (χ2v) is 7.57. The quantitative estimate of drug-likeness (QED) is 0.629. The molecule has 2 aliphatic heterocycles. The van der Waals surface area contributed by atoms with Crippen molar-refractivity contribution >= 4 is 22.5 Å². The highest BCUT2D eigenvalue weighted by molar-refractivity contribution is 5.96. The number of fused-ring (bicyclic) bond motifs is 1. The molecular formula is C22H32N4O5. The zero-order chi connectivity index (χ0) is 20.9. The predicted molar refractivity (Wildman–Crippen MR) is 117 cm³/mol. The van der Waals surface area contributed by atoms with Gasteiger partial charge < -0.3 is 29.6 Å². The van der Waals surface area contributed by atoms with E-state index in [1.165, 1.54) is 0 Å². The minimum absolute atomic E-state index is 0. The zero-order valence-electron chi connectivity index (χ0n) is 17.2. The van der Waals surface area contributed by atoms with Gasteiger partial charge in [0.2, 0.25) is 0 Å². The normalized spacial score (nSPS) is 21.9. The molecule has 2 aliphatic rings. The van der Waals surface area contributed by atoms with Crippen LogP contribution in [0.5, 0.6) is 0 Å². The van der Waals surface area contributed by atoms with E-state index >= 15 is 0 Å². The lowest BCUT2D eigenvalue weighted by Crippen LogP contribution is -2.38. The van der Waals surface area contributed by atoms with E-state index in [-0.39, 0.29) is 31.4 Å². The summed E-state index contributed by atoms with van der Waals surface area (Å²) < 4.78 is 22.6. The minimum Gasteiger partial charge on any atom is -0.376 e. The maximum Gasteiger partial charge on any atom is 0.267 e. The van der Waals surface area contributed by atoms with E-state index in [4.69, 9.17) is 24.7 Å². The van der Waals surface area contributed by atoms with Crippen molar-refractivity contribution in [3.05, 3.63) is 30.2 Å². The van der Waals surface area contributed by atoms with Crippen LogP contribution in [-0.2, 0) is 18.9 Å². The van der Waals surface area contributed by atoms with Crippen LogP contribution >= 0.6 is 0 Å². The third-order valence-corrected chi connectivity index (χ3v) is 5.67. The van der Waals surface area contributed by atoms with E-state index < -0.39 is 5.91 Å². The summed E-state index contributed by atoms with van der Waals surface area (Å²) in [5, 5.41) is 0.887. The monoisotopic (exact) mass is 432 g/mol. The number of piperidine rings is 1. The Morgan fingerprint density at radius 1 is 1.16 bits per heavy atom. The van der Waals surface area contributed by atoms with Gasteiger partial charge in [0.05, 0.1) is 49.9 Å². The number of carbonyl (C=O) groups excluding carboxylic acids is 1. The van der Waals surface area contributed by atoms with E-state index in [9.17, 15) is 4.79 Å². The number of hydrogen-bond donors (Lipinski definition) is 1. The number of nitrogens with zero attached hydrogens (tertiary/aromatic N) is 3. The smallest absolute Gasteiger partial charge is 0.267 e. The van der Waals surface area contributed by atoms with Crippen molar-refractivity contribution in [1.29, 1.82) is 0 Å². The number of ether oxygens (including phenoxy) is 4. The molecule has 0 spiro atoms. The molecule has 2 fully saturated rings. The summed E-state index contributed by atoms with van der Waals surface area (Å²) in [6, 6.07) is 3.46. The van der Waals surface area contributed by atoms with Gasteiger partial charge in [-0.05, 0) is 25.0 Å². The van der Waals surface area contributed by atoms with E-state index in [1.807, 2.05) is 6.07 Å². The molecule has 0 aliphatic carbocycles. The summed E-state index contributed by atoms with van der Waals surface area (Å²) in [6.07, 6.45) is 5.53. The highest BCUT2D eigenvalue weighted by atomic mass is 16.6. The van der Waals surface area contributed by atoms with Gasteiger partial charge in [-0.1, -0.05) is 7.43 Å². The van der Waals surface area contributed by atoms with Crippen LogP contribution < -0.4 is 10.6 Å². The molecule has 2 saturated heterocycles. The number of primary amides is 1. The van der Waals surface area contributed by atoms with Crippen LogP contribution in [0.15, 0.2) is 24.5 Å². The number of aromatic nitrogens is 2. The molecule has 0 radical (unpaired) electrons. The van der Waals surface area contributed by atoms with Gasteiger partial charge in [-0.25, -0.2) is 4.98 Å². The molecule has 2 aromatic heterocycles.